The third-order valence-corrected chi connectivity index (χ3v) is 4.29. The van der Waals surface area contributed by atoms with Crippen LogP contribution in [0.2, 0.25) is 0 Å². The Morgan fingerprint density at radius 3 is 1.65 bits per heavy atom. The molecule has 0 saturated heterocycles. The van der Waals surface area contributed by atoms with E-state index in [1.54, 1.807) is 0 Å². The van der Waals surface area contributed by atoms with Crippen LogP contribution < -0.4 is 11.1 Å². The Labute approximate surface area is 135 Å². The van der Waals surface area contributed by atoms with Crippen molar-refractivity contribution >= 4 is 38.6 Å². The summed E-state index contributed by atoms with van der Waals surface area (Å²) >= 11 is 0. The topological polar surface area (TPSA) is 38.0 Å². The van der Waals surface area contributed by atoms with E-state index in [0.717, 1.165) is 38.6 Å². The van der Waals surface area contributed by atoms with Crippen molar-refractivity contribution in [2.75, 3.05) is 11.1 Å². The van der Waals surface area contributed by atoms with Gasteiger partial charge in [0.25, 0.3) is 0 Å². The van der Waals surface area contributed by atoms with E-state index in [1.807, 2.05) is 12.1 Å². The molecule has 0 spiro atoms. The van der Waals surface area contributed by atoms with E-state index in [0.29, 0.717) is 0 Å². The molecule has 0 aliphatic carbocycles. The Hall–Kier alpha value is -3.00. The average Bonchev–Trinajstić information content (AvgIpc) is 2.60. The summed E-state index contributed by atoms with van der Waals surface area (Å²) in [6.07, 6.45) is 0. The van der Waals surface area contributed by atoms with Crippen LogP contribution in [0.3, 0.4) is 0 Å². The van der Waals surface area contributed by atoms with Crippen LogP contribution in [0.25, 0.3) is 21.5 Å². The molecule has 0 amide bonds. The van der Waals surface area contributed by atoms with Crippen molar-refractivity contribution in [1.82, 2.24) is 0 Å². The van der Waals surface area contributed by atoms with E-state index in [2.05, 4.69) is 72.9 Å². The minimum Gasteiger partial charge on any atom is -0.398 e. The maximum absolute atomic E-state index is 6.41. The second kappa shape index (κ2) is 5.33. The number of hydrogen-bond acceptors (Lipinski definition) is 2. The number of nitrogen functional groups attached to an aromatic ring is 1. The van der Waals surface area contributed by atoms with Crippen LogP contribution in [-0.4, -0.2) is 0 Å². The Morgan fingerprint density at radius 2 is 1.13 bits per heavy atom. The summed E-state index contributed by atoms with van der Waals surface area (Å²) in [5.74, 6) is 0. The van der Waals surface area contributed by atoms with Gasteiger partial charge in [-0.3, -0.25) is 0 Å². The van der Waals surface area contributed by atoms with E-state index in [4.69, 9.17) is 5.73 Å². The summed E-state index contributed by atoms with van der Waals surface area (Å²) in [6, 6.07) is 25.0. The number of fused-ring (bicyclic) bond motifs is 2. The molecule has 0 aliphatic rings. The molecule has 0 radical (unpaired) electrons. The Morgan fingerprint density at radius 1 is 0.652 bits per heavy atom. The van der Waals surface area contributed by atoms with E-state index in [1.165, 1.54) is 5.56 Å². The lowest BCUT2D eigenvalue weighted by Crippen LogP contribution is -1.97. The zero-order chi connectivity index (χ0) is 15.8. The molecular weight excluding hydrogens is 280 g/mol. The standard InChI is InChI=1S/C21H18N2/c1-14-10-12-15(13-11-14)23-21-18-8-4-2-6-16(18)20(22)17-7-3-5-9-19(17)21/h2-13,23H,22H2,1H3. The van der Waals surface area contributed by atoms with Crippen LogP contribution in [0.15, 0.2) is 72.8 Å². The van der Waals surface area contributed by atoms with Gasteiger partial charge in [-0.25, -0.2) is 0 Å². The van der Waals surface area contributed by atoms with Gasteiger partial charge in [0.1, 0.15) is 0 Å². The lowest BCUT2D eigenvalue weighted by molar-refractivity contribution is 1.46. The first kappa shape index (κ1) is 13.6. The minimum atomic E-state index is 0.839. The van der Waals surface area contributed by atoms with Crippen LogP contribution in [0, 0.1) is 6.92 Å². The van der Waals surface area contributed by atoms with E-state index >= 15 is 0 Å². The van der Waals surface area contributed by atoms with Crippen LogP contribution in [-0.2, 0) is 0 Å². The van der Waals surface area contributed by atoms with Gasteiger partial charge in [-0.2, -0.15) is 0 Å². The average molecular weight is 298 g/mol. The van der Waals surface area contributed by atoms with Gasteiger partial charge >= 0.3 is 0 Å². The highest BCUT2D eigenvalue weighted by Crippen LogP contribution is 2.39. The van der Waals surface area contributed by atoms with Crippen molar-refractivity contribution < 1.29 is 0 Å². The molecule has 112 valence electrons. The molecular formula is C21H18N2. The molecule has 0 fully saturated rings. The number of hydrogen-bond donors (Lipinski definition) is 2. The Kier molecular flexibility index (Phi) is 3.16. The highest BCUT2D eigenvalue weighted by atomic mass is 14.9. The predicted molar refractivity (Wildman–Crippen MR) is 100 cm³/mol. The van der Waals surface area contributed by atoms with Crippen LogP contribution in [0.5, 0.6) is 0 Å². The number of benzene rings is 4. The highest BCUT2D eigenvalue weighted by molar-refractivity contribution is 6.19. The van der Waals surface area contributed by atoms with Crippen LogP contribution in [0.4, 0.5) is 17.1 Å². The number of nitrogens with one attached hydrogen (secondary N) is 1. The number of aryl methyl sites for hydroxylation is 1. The number of rotatable bonds is 2. The molecule has 4 rings (SSSR count). The lowest BCUT2D eigenvalue weighted by Gasteiger charge is -2.16. The number of anilines is 3. The second-order valence-corrected chi connectivity index (χ2v) is 5.87. The summed E-state index contributed by atoms with van der Waals surface area (Å²) in [5.41, 5.74) is 10.7. The van der Waals surface area contributed by atoms with Gasteiger partial charge in [0.05, 0.1) is 5.69 Å². The van der Waals surface area contributed by atoms with Crippen molar-refractivity contribution in [3.8, 4) is 0 Å². The molecule has 4 aromatic carbocycles. The second-order valence-electron chi connectivity index (χ2n) is 5.87. The fraction of sp³-hybridized carbons (Fsp3) is 0.0476. The van der Waals surface area contributed by atoms with Crippen molar-refractivity contribution in [2.24, 2.45) is 0 Å². The van der Waals surface area contributed by atoms with Crippen LogP contribution in [0.1, 0.15) is 5.56 Å². The minimum absolute atomic E-state index is 0.839. The van der Waals surface area contributed by atoms with Gasteiger partial charge in [0.2, 0.25) is 0 Å². The molecule has 4 aromatic rings. The molecule has 0 heterocycles. The van der Waals surface area contributed by atoms with Gasteiger partial charge in [0.15, 0.2) is 0 Å². The predicted octanol–water partition coefficient (Wildman–Crippen LogP) is 5.63. The molecule has 2 heteroatoms. The molecule has 0 unspecified atom stereocenters. The summed E-state index contributed by atoms with van der Waals surface area (Å²) < 4.78 is 0. The maximum Gasteiger partial charge on any atom is 0.0545 e. The molecule has 0 aliphatic heterocycles. The smallest absolute Gasteiger partial charge is 0.0545 e. The molecule has 23 heavy (non-hydrogen) atoms. The fourth-order valence-corrected chi connectivity index (χ4v) is 3.08. The first-order valence-electron chi connectivity index (χ1n) is 7.76. The normalized spacial score (nSPS) is 11.0. The summed E-state index contributed by atoms with van der Waals surface area (Å²) in [4.78, 5) is 0. The first-order chi connectivity index (χ1) is 11.2. The van der Waals surface area contributed by atoms with E-state index in [9.17, 15) is 0 Å². The SMILES string of the molecule is Cc1ccc(Nc2c3ccccc3c(N)c3ccccc23)cc1. The lowest BCUT2D eigenvalue weighted by atomic mass is 9.98. The van der Waals surface area contributed by atoms with Crippen molar-refractivity contribution in [1.29, 1.82) is 0 Å². The van der Waals surface area contributed by atoms with Gasteiger partial charge in [0, 0.05) is 32.9 Å². The van der Waals surface area contributed by atoms with Gasteiger partial charge in [-0.1, -0.05) is 66.2 Å². The molecule has 0 aromatic heterocycles. The summed E-state index contributed by atoms with van der Waals surface area (Å²) in [7, 11) is 0. The quantitative estimate of drug-likeness (QED) is 0.286. The molecule has 0 atom stereocenters. The van der Waals surface area contributed by atoms with E-state index in [-0.39, 0.29) is 0 Å². The molecule has 0 saturated carbocycles. The Balaban J connectivity index is 2.02. The molecule has 2 nitrogen and oxygen atoms in total. The van der Waals surface area contributed by atoms with Crippen molar-refractivity contribution in [3.63, 3.8) is 0 Å². The molecule has 0 bridgehead atoms. The number of nitrogens with two attached hydrogens (primary N) is 1. The highest BCUT2D eigenvalue weighted by Gasteiger charge is 2.11. The van der Waals surface area contributed by atoms with Gasteiger partial charge in [-0.15, -0.1) is 0 Å². The van der Waals surface area contributed by atoms with Crippen LogP contribution >= 0.6 is 0 Å². The van der Waals surface area contributed by atoms with E-state index < -0.39 is 0 Å². The largest absolute Gasteiger partial charge is 0.398 e. The van der Waals surface area contributed by atoms with Gasteiger partial charge < -0.3 is 11.1 Å². The first-order valence-corrected chi connectivity index (χ1v) is 7.76. The maximum atomic E-state index is 6.41. The summed E-state index contributed by atoms with van der Waals surface area (Å²) in [6.45, 7) is 2.10. The van der Waals surface area contributed by atoms with Gasteiger partial charge in [-0.05, 0) is 19.1 Å². The monoisotopic (exact) mass is 298 g/mol. The zero-order valence-electron chi connectivity index (χ0n) is 13.0. The summed E-state index contributed by atoms with van der Waals surface area (Å²) in [5, 5.41) is 8.04. The van der Waals surface area contributed by atoms with Crippen molar-refractivity contribution in [2.45, 2.75) is 6.92 Å². The van der Waals surface area contributed by atoms with Crippen molar-refractivity contribution in [3.05, 3.63) is 78.4 Å². The zero-order valence-corrected chi connectivity index (χ0v) is 13.0. The molecule has 3 N–H and O–H groups in total. The third-order valence-electron chi connectivity index (χ3n) is 4.29. The third kappa shape index (κ3) is 2.29. The Bertz CT molecular complexity index is 944. The fourth-order valence-electron chi connectivity index (χ4n) is 3.08.